The molecule has 0 aromatic heterocycles. The number of carbonyl (C=O) groups excluding carboxylic acids is 2. The topological polar surface area (TPSA) is 116 Å². The van der Waals surface area contributed by atoms with Gasteiger partial charge in [0.25, 0.3) is 5.91 Å². The van der Waals surface area contributed by atoms with E-state index in [1.165, 1.54) is 0 Å². The summed E-state index contributed by atoms with van der Waals surface area (Å²) in [5, 5.41) is 12.9. The molecule has 4 heterocycles. The lowest BCUT2D eigenvalue weighted by Crippen LogP contribution is -2.48. The minimum absolute atomic E-state index is 0.0299. The lowest BCUT2D eigenvalue weighted by molar-refractivity contribution is -0.151. The van der Waals surface area contributed by atoms with Gasteiger partial charge in [-0.3, -0.25) is 9.59 Å². The molecule has 4 aliphatic rings. The van der Waals surface area contributed by atoms with Gasteiger partial charge in [0.05, 0.1) is 32.3 Å². The molecule has 2 aromatic carbocycles. The molecule has 10 heteroatoms. The van der Waals surface area contributed by atoms with Gasteiger partial charge in [-0.25, -0.2) is 0 Å². The maximum Gasteiger partial charge on any atom is 0.255 e. The van der Waals surface area contributed by atoms with Crippen LogP contribution in [0.2, 0.25) is 0 Å². The van der Waals surface area contributed by atoms with Gasteiger partial charge in [-0.15, -0.1) is 0 Å². The van der Waals surface area contributed by atoms with Gasteiger partial charge in [0.1, 0.15) is 18.0 Å². The van der Waals surface area contributed by atoms with Crippen LogP contribution in [-0.2, 0) is 14.3 Å². The number of hydrogen-bond donors (Lipinski definition) is 2. The summed E-state index contributed by atoms with van der Waals surface area (Å²) in [6, 6.07) is 10.6. The van der Waals surface area contributed by atoms with Crippen LogP contribution >= 0.6 is 0 Å². The van der Waals surface area contributed by atoms with E-state index in [4.69, 9.17) is 23.7 Å². The molecule has 6 rings (SSSR count). The van der Waals surface area contributed by atoms with Crippen molar-refractivity contribution in [2.24, 2.45) is 0 Å². The van der Waals surface area contributed by atoms with Gasteiger partial charge in [0.2, 0.25) is 12.7 Å². The summed E-state index contributed by atoms with van der Waals surface area (Å²) in [5.74, 6) is 1.57. The molecule has 0 radical (unpaired) electrons. The first kappa shape index (κ1) is 23.1. The Morgan fingerprint density at radius 2 is 1.83 bits per heavy atom. The van der Waals surface area contributed by atoms with E-state index in [9.17, 15) is 14.7 Å². The number of benzene rings is 2. The Bertz CT molecular complexity index is 1160. The SMILES string of the molecule is O=C(Nc1ccc2c(c1)[C@H]1C[C@H](CC(=O)N3CCOCC3)O[C@H](CO)[C@H]1O2)c1ccc2c(c1)OCO2. The van der Waals surface area contributed by atoms with Crippen molar-refractivity contribution in [3.05, 3.63) is 47.5 Å². The molecule has 4 atom stereocenters. The predicted molar refractivity (Wildman–Crippen MR) is 126 cm³/mol. The molecular weight excluding hydrogens is 468 g/mol. The number of aliphatic hydroxyl groups is 1. The standard InChI is InChI=1S/C26H28N2O8/c29-13-23-25-19(11-17(35-23)12-24(30)28-5-7-32-8-6-28)18-10-16(2-4-20(18)36-25)27-26(31)15-1-3-21-22(9-15)34-14-33-21/h1-4,9-10,17,19,23,25,29H,5-8,11-14H2,(H,27,31)/t17-,19-,23-,25+/m1/s1. The molecule has 4 aliphatic heterocycles. The number of amides is 2. The lowest BCUT2D eigenvalue weighted by Gasteiger charge is -2.38. The molecule has 190 valence electrons. The highest BCUT2D eigenvalue weighted by Gasteiger charge is 2.46. The molecule has 10 nitrogen and oxygen atoms in total. The van der Waals surface area contributed by atoms with Crippen molar-refractivity contribution in [1.82, 2.24) is 4.90 Å². The Labute approximate surface area is 208 Å². The van der Waals surface area contributed by atoms with Gasteiger partial charge < -0.3 is 39.0 Å². The van der Waals surface area contributed by atoms with Crippen molar-refractivity contribution in [3.63, 3.8) is 0 Å². The normalized spacial score (nSPS) is 26.1. The van der Waals surface area contributed by atoms with E-state index in [0.717, 1.165) is 5.56 Å². The first-order valence-electron chi connectivity index (χ1n) is 12.2. The summed E-state index contributed by atoms with van der Waals surface area (Å²) >= 11 is 0. The number of nitrogens with one attached hydrogen (secondary N) is 1. The quantitative estimate of drug-likeness (QED) is 0.645. The summed E-state index contributed by atoms with van der Waals surface area (Å²) < 4.78 is 28.2. The van der Waals surface area contributed by atoms with Crippen molar-refractivity contribution in [3.8, 4) is 17.2 Å². The van der Waals surface area contributed by atoms with Crippen molar-refractivity contribution in [2.45, 2.75) is 37.1 Å². The smallest absolute Gasteiger partial charge is 0.255 e. The average Bonchev–Trinajstić information content (AvgIpc) is 3.52. The number of fused-ring (bicyclic) bond motifs is 4. The highest BCUT2D eigenvalue weighted by atomic mass is 16.7. The summed E-state index contributed by atoms with van der Waals surface area (Å²) in [6.07, 6.45) is -0.385. The monoisotopic (exact) mass is 496 g/mol. The number of ether oxygens (including phenoxy) is 5. The second-order valence-electron chi connectivity index (χ2n) is 9.38. The summed E-state index contributed by atoms with van der Waals surface area (Å²) in [4.78, 5) is 27.5. The van der Waals surface area contributed by atoms with Crippen LogP contribution in [0.15, 0.2) is 36.4 Å². The van der Waals surface area contributed by atoms with E-state index < -0.39 is 6.10 Å². The fourth-order valence-corrected chi connectivity index (χ4v) is 5.34. The van der Waals surface area contributed by atoms with Gasteiger partial charge >= 0.3 is 0 Å². The van der Waals surface area contributed by atoms with Gasteiger partial charge in [-0.1, -0.05) is 0 Å². The van der Waals surface area contributed by atoms with Crippen LogP contribution in [0.4, 0.5) is 5.69 Å². The van der Waals surface area contributed by atoms with E-state index in [1.807, 2.05) is 12.1 Å². The molecule has 2 fully saturated rings. The van der Waals surface area contributed by atoms with Crippen LogP contribution in [-0.4, -0.2) is 79.8 Å². The molecule has 2 amide bonds. The molecule has 2 aromatic rings. The van der Waals surface area contributed by atoms with Crippen LogP contribution in [0.3, 0.4) is 0 Å². The van der Waals surface area contributed by atoms with Crippen LogP contribution in [0.1, 0.15) is 34.7 Å². The summed E-state index contributed by atoms with van der Waals surface area (Å²) in [7, 11) is 0. The number of nitrogens with zero attached hydrogens (tertiary/aromatic N) is 1. The zero-order valence-electron chi connectivity index (χ0n) is 19.7. The summed E-state index contributed by atoms with van der Waals surface area (Å²) in [6.45, 7) is 2.20. The second-order valence-corrected chi connectivity index (χ2v) is 9.38. The van der Waals surface area contributed by atoms with Gasteiger partial charge in [0.15, 0.2) is 11.5 Å². The van der Waals surface area contributed by atoms with Gasteiger partial charge in [-0.2, -0.15) is 0 Å². The fraction of sp³-hybridized carbons (Fsp3) is 0.462. The number of aliphatic hydroxyl groups excluding tert-OH is 1. The van der Waals surface area contributed by atoms with E-state index >= 15 is 0 Å². The first-order chi connectivity index (χ1) is 17.6. The van der Waals surface area contributed by atoms with Crippen molar-refractivity contribution in [1.29, 1.82) is 0 Å². The minimum atomic E-state index is -0.537. The van der Waals surface area contributed by atoms with E-state index in [2.05, 4.69) is 5.32 Å². The zero-order valence-corrected chi connectivity index (χ0v) is 19.7. The Morgan fingerprint density at radius 1 is 1.03 bits per heavy atom. The van der Waals surface area contributed by atoms with E-state index in [0.29, 0.717) is 61.2 Å². The maximum atomic E-state index is 12.9. The van der Waals surface area contributed by atoms with Crippen LogP contribution in [0, 0.1) is 0 Å². The largest absolute Gasteiger partial charge is 0.487 e. The Balaban J connectivity index is 1.17. The third kappa shape index (κ3) is 4.36. The lowest BCUT2D eigenvalue weighted by atomic mass is 9.84. The molecule has 36 heavy (non-hydrogen) atoms. The molecular formula is C26H28N2O8. The molecule has 0 spiro atoms. The van der Waals surface area contributed by atoms with Crippen LogP contribution < -0.4 is 19.5 Å². The van der Waals surface area contributed by atoms with Gasteiger partial charge in [0, 0.05) is 35.8 Å². The average molecular weight is 497 g/mol. The molecule has 0 saturated carbocycles. The Hall–Kier alpha value is -3.34. The summed E-state index contributed by atoms with van der Waals surface area (Å²) in [5.41, 5.74) is 2.03. The highest BCUT2D eigenvalue weighted by molar-refractivity contribution is 6.04. The fourth-order valence-electron chi connectivity index (χ4n) is 5.34. The molecule has 0 aliphatic carbocycles. The van der Waals surface area contributed by atoms with Crippen LogP contribution in [0.25, 0.3) is 0 Å². The number of rotatable bonds is 5. The predicted octanol–water partition coefficient (Wildman–Crippen LogP) is 1.91. The number of morpholine rings is 1. The molecule has 2 saturated heterocycles. The Morgan fingerprint density at radius 3 is 2.67 bits per heavy atom. The molecule has 0 bridgehead atoms. The second kappa shape index (κ2) is 9.61. The van der Waals surface area contributed by atoms with Crippen molar-refractivity contribution >= 4 is 17.5 Å². The third-order valence-corrected chi connectivity index (χ3v) is 7.16. The highest BCUT2D eigenvalue weighted by Crippen LogP contribution is 2.47. The zero-order chi connectivity index (χ0) is 24.6. The minimum Gasteiger partial charge on any atom is -0.487 e. The first-order valence-corrected chi connectivity index (χ1v) is 12.2. The third-order valence-electron chi connectivity index (χ3n) is 7.16. The maximum absolute atomic E-state index is 12.9. The van der Waals surface area contributed by atoms with E-state index in [1.54, 1.807) is 29.2 Å². The van der Waals surface area contributed by atoms with Crippen molar-refractivity contribution < 1.29 is 38.4 Å². The van der Waals surface area contributed by atoms with Crippen LogP contribution in [0.5, 0.6) is 17.2 Å². The number of hydrogen-bond acceptors (Lipinski definition) is 8. The molecule has 2 N–H and O–H groups in total. The Kier molecular flexibility index (Phi) is 6.16. The van der Waals surface area contributed by atoms with Crippen molar-refractivity contribution in [2.75, 3.05) is 45.0 Å². The van der Waals surface area contributed by atoms with Gasteiger partial charge in [-0.05, 0) is 42.8 Å². The molecule has 0 unspecified atom stereocenters. The van der Waals surface area contributed by atoms with E-state index in [-0.39, 0.29) is 49.8 Å². The number of carbonyl (C=O) groups is 2. The number of anilines is 1.